The van der Waals surface area contributed by atoms with Gasteiger partial charge in [0.25, 0.3) is 5.91 Å². The van der Waals surface area contributed by atoms with Crippen LogP contribution < -0.4 is 5.32 Å². The van der Waals surface area contributed by atoms with Gasteiger partial charge in [-0.15, -0.1) is 0 Å². The number of amides is 2. The number of aromatic nitrogens is 2. The fraction of sp³-hybridized carbons (Fsp3) is 0.227. The van der Waals surface area contributed by atoms with E-state index in [1.807, 2.05) is 47.4 Å². The van der Waals surface area contributed by atoms with Gasteiger partial charge in [-0.2, -0.15) is 5.10 Å². The van der Waals surface area contributed by atoms with Gasteiger partial charge < -0.3 is 10.2 Å². The predicted octanol–water partition coefficient (Wildman–Crippen LogP) is 2.45. The van der Waals surface area contributed by atoms with Crippen molar-refractivity contribution < 1.29 is 9.59 Å². The van der Waals surface area contributed by atoms with Crippen molar-refractivity contribution in [3.63, 3.8) is 0 Å². The van der Waals surface area contributed by atoms with E-state index in [1.54, 1.807) is 23.1 Å². The van der Waals surface area contributed by atoms with Crippen LogP contribution in [-0.2, 0) is 11.2 Å². The first-order valence-corrected chi connectivity index (χ1v) is 9.42. The minimum Gasteiger partial charge on any atom is -0.347 e. The first kappa shape index (κ1) is 18.0. The Morgan fingerprint density at radius 3 is 2.64 bits per heavy atom. The number of hydrogen-bond donors (Lipinski definition) is 1. The molecule has 0 saturated carbocycles. The summed E-state index contributed by atoms with van der Waals surface area (Å²) in [6.45, 7) is 1.21. The van der Waals surface area contributed by atoms with E-state index in [9.17, 15) is 9.59 Å². The summed E-state index contributed by atoms with van der Waals surface area (Å²) in [6.07, 6.45) is 4.63. The van der Waals surface area contributed by atoms with E-state index in [2.05, 4.69) is 22.5 Å². The number of para-hydroxylation sites is 1. The molecule has 142 valence electrons. The summed E-state index contributed by atoms with van der Waals surface area (Å²) < 4.78 is 1.67. The number of carbonyl (C=O) groups excluding carboxylic acids is 2. The second kappa shape index (κ2) is 8.08. The maximum Gasteiger partial charge on any atom is 0.253 e. The van der Waals surface area contributed by atoms with Gasteiger partial charge in [0.2, 0.25) is 5.91 Å². The number of carbonyl (C=O) groups is 2. The van der Waals surface area contributed by atoms with Crippen LogP contribution in [0.1, 0.15) is 22.3 Å². The molecule has 1 saturated heterocycles. The summed E-state index contributed by atoms with van der Waals surface area (Å²) in [4.78, 5) is 27.0. The van der Waals surface area contributed by atoms with Gasteiger partial charge in [-0.25, -0.2) is 4.68 Å². The molecule has 0 unspecified atom stereocenters. The maximum absolute atomic E-state index is 12.8. The van der Waals surface area contributed by atoms with Crippen LogP contribution in [0, 0.1) is 0 Å². The van der Waals surface area contributed by atoms with Crippen molar-refractivity contribution in [2.75, 3.05) is 13.1 Å². The molecule has 6 nitrogen and oxygen atoms in total. The van der Waals surface area contributed by atoms with Gasteiger partial charge in [-0.1, -0.05) is 42.5 Å². The Morgan fingerprint density at radius 1 is 1.07 bits per heavy atom. The Hall–Kier alpha value is -3.41. The Kier molecular flexibility index (Phi) is 5.19. The lowest BCUT2D eigenvalue weighted by atomic mass is 10.1. The summed E-state index contributed by atoms with van der Waals surface area (Å²) in [6, 6.07) is 19.1. The van der Waals surface area contributed by atoms with Crippen LogP contribution in [0.4, 0.5) is 0 Å². The molecule has 2 aromatic carbocycles. The Morgan fingerprint density at radius 2 is 1.86 bits per heavy atom. The highest BCUT2D eigenvalue weighted by Gasteiger charge is 2.30. The molecule has 0 bridgehead atoms. The van der Waals surface area contributed by atoms with Gasteiger partial charge in [0.15, 0.2) is 0 Å². The largest absolute Gasteiger partial charge is 0.347 e. The molecule has 1 aliphatic heterocycles. The zero-order valence-electron chi connectivity index (χ0n) is 15.5. The van der Waals surface area contributed by atoms with E-state index < -0.39 is 0 Å². The zero-order valence-corrected chi connectivity index (χ0v) is 15.5. The summed E-state index contributed by atoms with van der Waals surface area (Å²) in [5.74, 6) is -0.101. The monoisotopic (exact) mass is 374 g/mol. The summed E-state index contributed by atoms with van der Waals surface area (Å²) in [7, 11) is 0. The van der Waals surface area contributed by atoms with E-state index in [1.165, 1.54) is 5.56 Å². The highest BCUT2D eigenvalue weighted by atomic mass is 16.2. The molecule has 6 heteroatoms. The summed E-state index contributed by atoms with van der Waals surface area (Å²) >= 11 is 0. The van der Waals surface area contributed by atoms with Crippen LogP contribution >= 0.6 is 0 Å². The first-order valence-electron chi connectivity index (χ1n) is 9.42. The van der Waals surface area contributed by atoms with Crippen LogP contribution in [0.15, 0.2) is 73.1 Å². The number of benzene rings is 2. The second-order valence-corrected chi connectivity index (χ2v) is 6.92. The Labute approximate surface area is 163 Å². The van der Waals surface area contributed by atoms with E-state index in [0.717, 1.165) is 12.1 Å². The normalized spacial score (nSPS) is 16.4. The third-order valence-corrected chi connectivity index (χ3v) is 4.96. The SMILES string of the molecule is O=C(N[C@H]1CC(=O)N(CCc2ccccc2)C1)c1ccccc1-n1cccn1. The second-order valence-electron chi connectivity index (χ2n) is 6.92. The standard InChI is InChI=1S/C22H22N4O2/c27-21-15-18(16-25(21)14-11-17-7-2-1-3-8-17)24-22(28)19-9-4-5-10-20(19)26-13-6-12-23-26/h1-10,12-13,18H,11,14-16H2,(H,24,28)/t18-/m0/s1. The molecule has 0 aliphatic carbocycles. The average molecular weight is 374 g/mol. The van der Waals surface area contributed by atoms with Crippen LogP contribution in [0.2, 0.25) is 0 Å². The molecule has 1 atom stereocenters. The van der Waals surface area contributed by atoms with Crippen LogP contribution in [0.3, 0.4) is 0 Å². The quantitative estimate of drug-likeness (QED) is 0.721. The fourth-order valence-electron chi connectivity index (χ4n) is 3.53. The lowest BCUT2D eigenvalue weighted by Gasteiger charge is -2.17. The average Bonchev–Trinajstić information content (AvgIpc) is 3.37. The Bertz CT molecular complexity index is 954. The van der Waals surface area contributed by atoms with E-state index in [-0.39, 0.29) is 17.9 Å². The number of nitrogens with one attached hydrogen (secondary N) is 1. The van der Waals surface area contributed by atoms with Crippen molar-refractivity contribution in [3.8, 4) is 5.69 Å². The van der Waals surface area contributed by atoms with Crippen LogP contribution in [0.25, 0.3) is 5.69 Å². The molecule has 0 radical (unpaired) electrons. The molecule has 2 heterocycles. The van der Waals surface area contributed by atoms with Gasteiger partial charge in [-0.05, 0) is 30.2 Å². The third kappa shape index (κ3) is 3.96. The number of rotatable bonds is 6. The van der Waals surface area contributed by atoms with E-state index in [0.29, 0.717) is 25.1 Å². The molecule has 28 heavy (non-hydrogen) atoms. The molecule has 3 aromatic rings. The third-order valence-electron chi connectivity index (χ3n) is 4.96. The van der Waals surface area contributed by atoms with Gasteiger partial charge >= 0.3 is 0 Å². The number of nitrogens with zero attached hydrogens (tertiary/aromatic N) is 3. The topological polar surface area (TPSA) is 67.2 Å². The van der Waals surface area contributed by atoms with E-state index in [4.69, 9.17) is 0 Å². The van der Waals surface area contributed by atoms with Gasteiger partial charge in [-0.3, -0.25) is 9.59 Å². The smallest absolute Gasteiger partial charge is 0.253 e. The minimum absolute atomic E-state index is 0.0848. The van der Waals surface area contributed by atoms with Crippen LogP contribution in [-0.4, -0.2) is 45.6 Å². The van der Waals surface area contributed by atoms with Crippen molar-refractivity contribution in [1.29, 1.82) is 0 Å². The Balaban J connectivity index is 1.39. The van der Waals surface area contributed by atoms with Crippen molar-refractivity contribution in [3.05, 3.63) is 84.2 Å². The van der Waals surface area contributed by atoms with Crippen LogP contribution in [0.5, 0.6) is 0 Å². The predicted molar refractivity (Wildman–Crippen MR) is 106 cm³/mol. The molecular weight excluding hydrogens is 352 g/mol. The van der Waals surface area contributed by atoms with Crippen molar-refractivity contribution in [2.24, 2.45) is 0 Å². The first-order chi connectivity index (χ1) is 13.7. The van der Waals surface area contributed by atoms with Crippen molar-refractivity contribution >= 4 is 11.8 Å². The number of likely N-dealkylation sites (tertiary alicyclic amines) is 1. The highest BCUT2D eigenvalue weighted by molar-refractivity contribution is 5.98. The molecule has 4 rings (SSSR count). The molecule has 1 N–H and O–H groups in total. The minimum atomic E-state index is -0.186. The van der Waals surface area contributed by atoms with Crippen molar-refractivity contribution in [2.45, 2.75) is 18.9 Å². The highest BCUT2D eigenvalue weighted by Crippen LogP contribution is 2.16. The maximum atomic E-state index is 12.8. The molecule has 1 fully saturated rings. The molecule has 2 amide bonds. The molecule has 1 aliphatic rings. The molecule has 0 spiro atoms. The van der Waals surface area contributed by atoms with Gasteiger partial charge in [0.1, 0.15) is 0 Å². The summed E-state index contributed by atoms with van der Waals surface area (Å²) in [5, 5.41) is 7.23. The lowest BCUT2D eigenvalue weighted by Crippen LogP contribution is -2.38. The van der Waals surface area contributed by atoms with E-state index >= 15 is 0 Å². The number of hydrogen-bond acceptors (Lipinski definition) is 3. The van der Waals surface area contributed by atoms with Gasteiger partial charge in [0.05, 0.1) is 17.3 Å². The fourth-order valence-corrected chi connectivity index (χ4v) is 3.53. The van der Waals surface area contributed by atoms with Gasteiger partial charge in [0, 0.05) is 31.9 Å². The zero-order chi connectivity index (χ0) is 19.3. The summed E-state index contributed by atoms with van der Waals surface area (Å²) in [5.41, 5.74) is 2.47. The van der Waals surface area contributed by atoms with Crippen molar-refractivity contribution in [1.82, 2.24) is 20.0 Å². The molecular formula is C22H22N4O2. The lowest BCUT2D eigenvalue weighted by molar-refractivity contribution is -0.127. The molecule has 1 aromatic heterocycles.